The summed E-state index contributed by atoms with van der Waals surface area (Å²) in [4.78, 5) is 8.95. The van der Waals surface area contributed by atoms with Crippen molar-refractivity contribution in [2.75, 3.05) is 0 Å². The van der Waals surface area contributed by atoms with Crippen LogP contribution in [0.2, 0.25) is 0 Å². The van der Waals surface area contributed by atoms with Gasteiger partial charge in [-0.15, -0.1) is 0 Å². The van der Waals surface area contributed by atoms with Gasteiger partial charge in [-0.2, -0.15) is 0 Å². The van der Waals surface area contributed by atoms with Gasteiger partial charge in [-0.1, -0.05) is 57.2 Å². The Bertz CT molecular complexity index is 1640. The Morgan fingerprint density at radius 1 is 0.970 bits per heavy atom. The van der Waals surface area contributed by atoms with Crippen molar-refractivity contribution in [1.82, 2.24) is 9.97 Å². The van der Waals surface area contributed by atoms with Gasteiger partial charge in [-0.25, -0.2) is 4.98 Å². The van der Waals surface area contributed by atoms with Crippen molar-refractivity contribution in [3.63, 3.8) is 0 Å². The fourth-order valence-corrected chi connectivity index (χ4v) is 4.14. The SMILES string of the molecule is [2H]C([2H])([2H])c1ccc2c(n1)oc1c(-c3cc(Cc4ccc(C([2H])([2H])C(C)(C)C)cc4)c(C)cn3)cccc12. The van der Waals surface area contributed by atoms with Crippen LogP contribution in [0.1, 0.15) is 55.6 Å². The molecule has 0 bridgehead atoms. The Morgan fingerprint density at radius 3 is 2.52 bits per heavy atom. The molecule has 0 saturated carbocycles. The van der Waals surface area contributed by atoms with Gasteiger partial charge >= 0.3 is 0 Å². The molecule has 0 aliphatic carbocycles. The number of nitrogens with zero attached hydrogens (tertiary/aromatic N) is 2. The Kier molecular flexibility index (Phi) is 4.00. The third kappa shape index (κ3) is 4.41. The molecule has 3 nitrogen and oxygen atoms in total. The zero-order valence-electron chi connectivity index (χ0n) is 24.4. The van der Waals surface area contributed by atoms with Crippen molar-refractivity contribution in [1.29, 1.82) is 0 Å². The van der Waals surface area contributed by atoms with Gasteiger partial charge in [0.2, 0.25) is 5.71 Å². The molecular weight excluding hydrogens is 404 g/mol. The molecule has 0 fully saturated rings. The fourth-order valence-electron chi connectivity index (χ4n) is 4.14. The van der Waals surface area contributed by atoms with Crippen LogP contribution in [0, 0.1) is 19.2 Å². The molecule has 0 aliphatic rings. The standard InChI is InChI=1S/C30H30N2O/c1-19-18-31-27(16-23(19)15-21-10-12-22(13-11-21)17-30(3,4)5)26-8-6-7-24-25-14-9-20(2)32-29(25)33-28(24)26/h6-14,16,18H,15,17H2,1-5H3/i2D3,17D2. The van der Waals surface area contributed by atoms with Crippen LogP contribution in [0.3, 0.4) is 0 Å². The lowest BCUT2D eigenvalue weighted by Crippen LogP contribution is -2.09. The number of para-hydroxylation sites is 1. The van der Waals surface area contributed by atoms with E-state index in [1.807, 2.05) is 76.4 Å². The molecule has 0 amide bonds. The molecule has 5 rings (SSSR count). The minimum atomic E-state index is -2.31. The molecular formula is C30H30N2O. The summed E-state index contributed by atoms with van der Waals surface area (Å²) in [6, 6.07) is 18.9. The maximum Gasteiger partial charge on any atom is 0.227 e. The van der Waals surface area contributed by atoms with Crippen LogP contribution >= 0.6 is 0 Å². The predicted octanol–water partition coefficient (Wildman–Crippen LogP) is 7.84. The van der Waals surface area contributed by atoms with Crippen LogP contribution in [-0.4, -0.2) is 9.97 Å². The number of aryl methyl sites for hydroxylation is 2. The molecule has 0 spiro atoms. The third-order valence-electron chi connectivity index (χ3n) is 5.72. The number of benzene rings is 2. The Hall–Kier alpha value is -3.46. The molecule has 5 aromatic rings. The van der Waals surface area contributed by atoms with Gasteiger partial charge < -0.3 is 4.42 Å². The van der Waals surface area contributed by atoms with Gasteiger partial charge in [0.05, 0.1) is 5.69 Å². The van der Waals surface area contributed by atoms with Gasteiger partial charge in [0.25, 0.3) is 0 Å². The van der Waals surface area contributed by atoms with E-state index >= 15 is 0 Å². The smallest absolute Gasteiger partial charge is 0.227 e. The maximum atomic E-state index is 8.53. The second-order valence-electron chi connectivity index (χ2n) is 9.58. The van der Waals surface area contributed by atoms with Crippen molar-refractivity contribution in [3.05, 3.63) is 94.8 Å². The summed E-state index contributed by atoms with van der Waals surface area (Å²) in [5, 5.41) is 1.62. The van der Waals surface area contributed by atoms with E-state index in [0.29, 0.717) is 23.3 Å². The fraction of sp³-hybridized carbons (Fsp3) is 0.267. The van der Waals surface area contributed by atoms with E-state index in [9.17, 15) is 0 Å². The summed E-state index contributed by atoms with van der Waals surface area (Å²) in [5.74, 6) is 0. The Morgan fingerprint density at radius 2 is 1.76 bits per heavy atom. The molecule has 2 aromatic carbocycles. The van der Waals surface area contributed by atoms with E-state index < -0.39 is 18.6 Å². The highest BCUT2D eigenvalue weighted by Gasteiger charge is 2.15. The molecule has 3 heterocycles. The van der Waals surface area contributed by atoms with Gasteiger partial charge in [0, 0.05) is 35.1 Å². The molecule has 3 heteroatoms. The molecule has 0 atom stereocenters. The van der Waals surface area contributed by atoms with Gasteiger partial charge in [-0.05, 0) is 78.5 Å². The van der Waals surface area contributed by atoms with Crippen LogP contribution in [-0.2, 0) is 12.8 Å². The lowest BCUT2D eigenvalue weighted by molar-refractivity contribution is 0.411. The first-order chi connectivity index (χ1) is 17.8. The number of aromatic nitrogens is 2. The Labute approximate surface area is 202 Å². The molecule has 0 radical (unpaired) electrons. The number of fused-ring (bicyclic) bond motifs is 3. The van der Waals surface area contributed by atoms with Crippen molar-refractivity contribution in [3.8, 4) is 11.3 Å². The van der Waals surface area contributed by atoms with E-state index in [4.69, 9.17) is 11.3 Å². The van der Waals surface area contributed by atoms with Crippen LogP contribution in [0.5, 0.6) is 0 Å². The van der Waals surface area contributed by atoms with E-state index in [2.05, 4.69) is 16.0 Å². The van der Waals surface area contributed by atoms with Gasteiger partial charge in [0.1, 0.15) is 5.58 Å². The maximum absolute atomic E-state index is 8.53. The minimum Gasteiger partial charge on any atom is -0.437 e. The predicted molar refractivity (Wildman–Crippen MR) is 137 cm³/mol. The summed E-state index contributed by atoms with van der Waals surface area (Å²) in [7, 11) is 0. The van der Waals surface area contributed by atoms with Crippen LogP contribution in [0.25, 0.3) is 33.3 Å². The van der Waals surface area contributed by atoms with E-state index in [1.54, 1.807) is 6.07 Å². The highest BCUT2D eigenvalue weighted by molar-refractivity contribution is 6.08. The highest BCUT2D eigenvalue weighted by Crippen LogP contribution is 2.35. The van der Waals surface area contributed by atoms with Crippen LogP contribution in [0.4, 0.5) is 0 Å². The molecule has 0 unspecified atom stereocenters. The van der Waals surface area contributed by atoms with Gasteiger partial charge in [-0.3, -0.25) is 4.98 Å². The number of pyridine rings is 2. The zero-order chi connectivity index (χ0) is 27.5. The number of hydrogen-bond acceptors (Lipinski definition) is 3. The topological polar surface area (TPSA) is 38.9 Å². The first-order valence-corrected chi connectivity index (χ1v) is 11.1. The second-order valence-corrected chi connectivity index (χ2v) is 9.58. The van der Waals surface area contributed by atoms with E-state index in [1.165, 1.54) is 6.07 Å². The molecule has 33 heavy (non-hydrogen) atoms. The highest BCUT2D eigenvalue weighted by atomic mass is 16.3. The molecule has 0 aliphatic heterocycles. The molecule has 0 N–H and O–H groups in total. The van der Waals surface area contributed by atoms with Crippen molar-refractivity contribution in [2.24, 2.45) is 5.41 Å². The largest absolute Gasteiger partial charge is 0.437 e. The van der Waals surface area contributed by atoms with Crippen LogP contribution < -0.4 is 0 Å². The zero-order valence-corrected chi connectivity index (χ0v) is 19.4. The van der Waals surface area contributed by atoms with Gasteiger partial charge in [0.15, 0.2) is 0 Å². The van der Waals surface area contributed by atoms with Crippen LogP contribution in [0.15, 0.2) is 71.3 Å². The monoisotopic (exact) mass is 439 g/mol. The number of hydrogen-bond donors (Lipinski definition) is 0. The third-order valence-corrected chi connectivity index (χ3v) is 5.72. The Balaban J connectivity index is 1.51. The summed E-state index contributed by atoms with van der Waals surface area (Å²) in [6.45, 7) is 5.45. The van der Waals surface area contributed by atoms with E-state index in [0.717, 1.165) is 38.7 Å². The summed E-state index contributed by atoms with van der Waals surface area (Å²) < 4.78 is 46.2. The second kappa shape index (κ2) is 8.15. The molecule has 0 saturated heterocycles. The minimum absolute atomic E-state index is 0.00273. The average molecular weight is 440 g/mol. The van der Waals surface area contributed by atoms with Crippen molar-refractivity contribution >= 4 is 22.1 Å². The molecule has 166 valence electrons. The van der Waals surface area contributed by atoms with E-state index in [-0.39, 0.29) is 5.69 Å². The summed E-state index contributed by atoms with van der Waals surface area (Å²) in [5.41, 5.74) is 5.90. The summed E-state index contributed by atoms with van der Waals surface area (Å²) in [6.07, 6.45) is 1.10. The number of furan rings is 1. The number of rotatable bonds is 4. The normalized spacial score (nSPS) is 15.1. The molecule has 3 aromatic heterocycles. The quantitative estimate of drug-likeness (QED) is 0.286. The first kappa shape index (κ1) is 16.2. The van der Waals surface area contributed by atoms with Crippen molar-refractivity contribution < 1.29 is 11.3 Å². The summed E-state index contributed by atoms with van der Waals surface area (Å²) >= 11 is 0. The average Bonchev–Trinajstić information content (AvgIpc) is 3.23. The first-order valence-electron chi connectivity index (χ1n) is 13.6. The lowest BCUT2D eigenvalue weighted by Gasteiger charge is -2.18. The lowest BCUT2D eigenvalue weighted by atomic mass is 9.87. The van der Waals surface area contributed by atoms with Crippen molar-refractivity contribution in [2.45, 2.75) is 47.3 Å².